The van der Waals surface area contributed by atoms with Gasteiger partial charge in [0.15, 0.2) is 5.96 Å². The van der Waals surface area contributed by atoms with E-state index in [1.54, 1.807) is 0 Å². The van der Waals surface area contributed by atoms with Crippen LogP contribution in [0.15, 0.2) is 4.99 Å². The van der Waals surface area contributed by atoms with E-state index in [9.17, 15) is 5.11 Å². The van der Waals surface area contributed by atoms with E-state index >= 15 is 0 Å². The first kappa shape index (κ1) is 21.5. The Morgan fingerprint density at radius 2 is 2.23 bits per heavy atom. The van der Waals surface area contributed by atoms with Crippen LogP contribution in [0.1, 0.15) is 46.5 Å². The van der Waals surface area contributed by atoms with Gasteiger partial charge in [-0.15, -0.1) is 0 Å². The lowest BCUT2D eigenvalue weighted by molar-refractivity contribution is 0.131. The van der Waals surface area contributed by atoms with E-state index < -0.39 is 0 Å². The molecule has 6 nitrogen and oxygen atoms in total. The maximum absolute atomic E-state index is 9.38. The van der Waals surface area contributed by atoms with Crippen LogP contribution in [0.2, 0.25) is 0 Å². The van der Waals surface area contributed by atoms with Crippen molar-refractivity contribution < 1.29 is 9.84 Å². The van der Waals surface area contributed by atoms with Crippen molar-refractivity contribution in [2.24, 2.45) is 22.2 Å². The van der Waals surface area contributed by atoms with Gasteiger partial charge in [-0.3, -0.25) is 4.99 Å². The molecule has 2 atom stereocenters. The number of rotatable bonds is 9. The summed E-state index contributed by atoms with van der Waals surface area (Å²) in [5, 5.41) is 16.3. The first-order valence-electron chi connectivity index (χ1n) is 10.5. The molecule has 0 aromatic heterocycles. The van der Waals surface area contributed by atoms with Gasteiger partial charge >= 0.3 is 0 Å². The highest BCUT2D eigenvalue weighted by Crippen LogP contribution is 2.32. The monoisotopic (exact) mass is 368 g/mol. The molecule has 2 aliphatic rings. The number of guanidine groups is 1. The number of piperidine rings is 1. The minimum absolute atomic E-state index is 0.00992. The van der Waals surface area contributed by atoms with Crippen LogP contribution >= 0.6 is 0 Å². The zero-order chi connectivity index (χ0) is 18.8. The van der Waals surface area contributed by atoms with Crippen molar-refractivity contribution in [1.29, 1.82) is 0 Å². The molecule has 0 aromatic carbocycles. The molecule has 152 valence electrons. The number of likely N-dealkylation sites (tertiary alicyclic amines) is 1. The number of hydrogen-bond acceptors (Lipinski definition) is 4. The quantitative estimate of drug-likeness (QED) is 0.427. The number of aliphatic imine (C=N–C) groups is 1. The Hall–Kier alpha value is -0.850. The highest BCUT2D eigenvalue weighted by Gasteiger charge is 2.34. The number of aliphatic hydroxyl groups is 1. The van der Waals surface area contributed by atoms with E-state index in [0.717, 1.165) is 44.4 Å². The molecule has 0 aliphatic carbocycles. The van der Waals surface area contributed by atoms with Gasteiger partial charge in [0.25, 0.3) is 0 Å². The average Bonchev–Trinajstić information content (AvgIpc) is 3.06. The number of nitrogens with one attached hydrogen (secondary N) is 2. The maximum atomic E-state index is 9.38. The van der Waals surface area contributed by atoms with Crippen molar-refractivity contribution >= 4 is 5.96 Å². The van der Waals surface area contributed by atoms with Gasteiger partial charge in [0.05, 0.1) is 13.2 Å². The van der Waals surface area contributed by atoms with Gasteiger partial charge in [0, 0.05) is 44.8 Å². The second-order valence-corrected chi connectivity index (χ2v) is 8.51. The zero-order valence-corrected chi connectivity index (χ0v) is 17.1. The second-order valence-electron chi connectivity index (χ2n) is 8.51. The summed E-state index contributed by atoms with van der Waals surface area (Å²) in [7, 11) is 0. The fraction of sp³-hybridized carbons (Fsp3) is 0.950. The van der Waals surface area contributed by atoms with Crippen LogP contribution in [0.25, 0.3) is 0 Å². The lowest BCUT2D eigenvalue weighted by Gasteiger charge is -2.34. The van der Waals surface area contributed by atoms with Crippen LogP contribution in [0.5, 0.6) is 0 Å². The van der Waals surface area contributed by atoms with Crippen molar-refractivity contribution in [2.45, 2.75) is 46.5 Å². The topological polar surface area (TPSA) is 69.1 Å². The standard InChI is InChI=1S/C20H40N4O2/c1-4-21-19(23-15-20(7-10-25)8-11-26-16-20)22-12-18-6-5-9-24(14-18)13-17(2)3/h17-18,25H,4-16H2,1-3H3,(H2,21,22,23). The summed E-state index contributed by atoms with van der Waals surface area (Å²) in [4.78, 5) is 7.44. The smallest absolute Gasteiger partial charge is 0.191 e. The minimum Gasteiger partial charge on any atom is -0.396 e. The molecule has 0 saturated carbocycles. The van der Waals surface area contributed by atoms with Crippen LogP contribution in [-0.2, 0) is 4.74 Å². The highest BCUT2D eigenvalue weighted by molar-refractivity contribution is 5.79. The average molecular weight is 369 g/mol. The summed E-state index contributed by atoms with van der Waals surface area (Å²) in [5.41, 5.74) is 0.00992. The van der Waals surface area contributed by atoms with Gasteiger partial charge < -0.3 is 25.4 Å². The molecule has 0 spiro atoms. The third kappa shape index (κ3) is 7.05. The van der Waals surface area contributed by atoms with E-state index in [1.165, 1.54) is 32.5 Å². The van der Waals surface area contributed by atoms with Crippen molar-refractivity contribution in [3.8, 4) is 0 Å². The predicted octanol–water partition coefficient (Wildman–Crippen LogP) is 1.70. The predicted molar refractivity (Wildman–Crippen MR) is 108 cm³/mol. The third-order valence-electron chi connectivity index (χ3n) is 5.53. The van der Waals surface area contributed by atoms with Crippen molar-refractivity contribution in [1.82, 2.24) is 15.5 Å². The summed E-state index contributed by atoms with van der Waals surface area (Å²) >= 11 is 0. The van der Waals surface area contributed by atoms with E-state index in [4.69, 9.17) is 9.73 Å². The van der Waals surface area contributed by atoms with E-state index in [-0.39, 0.29) is 12.0 Å². The molecule has 0 radical (unpaired) electrons. The van der Waals surface area contributed by atoms with E-state index in [2.05, 4.69) is 36.3 Å². The fourth-order valence-corrected chi connectivity index (χ4v) is 4.12. The first-order valence-corrected chi connectivity index (χ1v) is 10.5. The van der Waals surface area contributed by atoms with Gasteiger partial charge in [-0.05, 0) is 51.0 Å². The Labute approximate surface area is 159 Å². The molecule has 3 N–H and O–H groups in total. The number of ether oxygens (including phenoxy) is 1. The van der Waals surface area contributed by atoms with Crippen LogP contribution in [-0.4, -0.2) is 75.1 Å². The molecule has 2 fully saturated rings. The molecule has 0 bridgehead atoms. The molecule has 0 amide bonds. The van der Waals surface area contributed by atoms with Crippen LogP contribution < -0.4 is 10.6 Å². The normalized spacial score (nSPS) is 27.9. The first-order chi connectivity index (χ1) is 12.6. The summed E-state index contributed by atoms with van der Waals surface area (Å²) in [6, 6.07) is 0. The van der Waals surface area contributed by atoms with Gasteiger partial charge in [-0.2, -0.15) is 0 Å². The van der Waals surface area contributed by atoms with Crippen LogP contribution in [0, 0.1) is 17.3 Å². The Bertz CT molecular complexity index is 422. The molecule has 0 aromatic rings. The molecular weight excluding hydrogens is 328 g/mol. The Balaban J connectivity index is 1.84. The van der Waals surface area contributed by atoms with Gasteiger partial charge in [-0.25, -0.2) is 0 Å². The molecule has 2 saturated heterocycles. The number of aliphatic hydroxyl groups excluding tert-OH is 1. The molecule has 2 rings (SSSR count). The third-order valence-corrected chi connectivity index (χ3v) is 5.53. The van der Waals surface area contributed by atoms with Crippen molar-refractivity contribution in [3.63, 3.8) is 0 Å². The maximum Gasteiger partial charge on any atom is 0.191 e. The molecule has 26 heavy (non-hydrogen) atoms. The Kier molecular flexibility index (Phi) is 9.16. The second kappa shape index (κ2) is 11.1. The molecule has 2 unspecified atom stereocenters. The molecular formula is C20H40N4O2. The molecule has 2 aliphatic heterocycles. The lowest BCUT2D eigenvalue weighted by Crippen LogP contribution is -2.45. The zero-order valence-electron chi connectivity index (χ0n) is 17.1. The lowest BCUT2D eigenvalue weighted by atomic mass is 9.84. The van der Waals surface area contributed by atoms with Gasteiger partial charge in [-0.1, -0.05) is 13.8 Å². The largest absolute Gasteiger partial charge is 0.396 e. The summed E-state index contributed by atoms with van der Waals surface area (Å²) in [6.07, 6.45) is 4.35. The Morgan fingerprint density at radius 3 is 2.88 bits per heavy atom. The van der Waals surface area contributed by atoms with Crippen LogP contribution in [0.3, 0.4) is 0 Å². The summed E-state index contributed by atoms with van der Waals surface area (Å²) < 4.78 is 5.58. The summed E-state index contributed by atoms with van der Waals surface area (Å²) in [6.45, 7) is 14.6. The SMILES string of the molecule is CCNC(=NCC1(CCO)CCOC1)NCC1CCCN(CC(C)C)C1. The van der Waals surface area contributed by atoms with Crippen LogP contribution in [0.4, 0.5) is 0 Å². The van der Waals surface area contributed by atoms with Crippen molar-refractivity contribution in [3.05, 3.63) is 0 Å². The highest BCUT2D eigenvalue weighted by atomic mass is 16.5. The Morgan fingerprint density at radius 1 is 1.38 bits per heavy atom. The van der Waals surface area contributed by atoms with E-state index in [0.29, 0.717) is 19.1 Å². The van der Waals surface area contributed by atoms with Crippen molar-refractivity contribution in [2.75, 3.05) is 59.1 Å². The molecule has 2 heterocycles. The van der Waals surface area contributed by atoms with Gasteiger partial charge in [0.1, 0.15) is 0 Å². The summed E-state index contributed by atoms with van der Waals surface area (Å²) in [5.74, 6) is 2.32. The number of nitrogens with zero attached hydrogens (tertiary/aromatic N) is 2. The minimum atomic E-state index is 0.00992. The van der Waals surface area contributed by atoms with E-state index in [1.807, 2.05) is 0 Å². The number of hydrogen-bond donors (Lipinski definition) is 3. The molecule has 6 heteroatoms. The fourth-order valence-electron chi connectivity index (χ4n) is 4.12. The van der Waals surface area contributed by atoms with Gasteiger partial charge in [0.2, 0.25) is 0 Å².